The number of hydrogen-bond acceptors (Lipinski definition) is 5. The summed E-state index contributed by atoms with van der Waals surface area (Å²) >= 11 is 3.59. The average Bonchev–Trinajstić information content (AvgIpc) is 3.22. The summed E-state index contributed by atoms with van der Waals surface area (Å²) in [4.78, 5) is 18.8. The van der Waals surface area contributed by atoms with Crippen LogP contribution < -0.4 is 17.0 Å². The number of sulfonamides is 1. The lowest BCUT2D eigenvalue weighted by Gasteiger charge is -2.13. The monoisotopic (exact) mass is 551 g/mol. The summed E-state index contributed by atoms with van der Waals surface area (Å²) < 4.78 is 30.0. The van der Waals surface area contributed by atoms with Crippen molar-refractivity contribution < 1.29 is 8.42 Å². The summed E-state index contributed by atoms with van der Waals surface area (Å²) in [6.45, 7) is 0. The molecule has 11 heteroatoms. The van der Waals surface area contributed by atoms with Gasteiger partial charge < -0.3 is 11.5 Å². The van der Waals surface area contributed by atoms with Crippen LogP contribution in [-0.2, 0) is 10.0 Å². The highest BCUT2D eigenvalue weighted by molar-refractivity contribution is 14.1. The Kier molecular flexibility index (Phi) is 5.34. The number of nitrogens with zero attached hydrogens (tertiary/aromatic N) is 3. The molecule has 4 aromatic rings. The van der Waals surface area contributed by atoms with Gasteiger partial charge in [-0.3, -0.25) is 9.36 Å². The zero-order valence-electron chi connectivity index (χ0n) is 15.2. The highest BCUT2D eigenvalue weighted by atomic mass is 127. The number of hydrogen-bond donors (Lipinski definition) is 2. The van der Waals surface area contributed by atoms with Gasteiger partial charge in [0, 0.05) is 3.57 Å². The van der Waals surface area contributed by atoms with Gasteiger partial charge in [0.1, 0.15) is 0 Å². The lowest BCUT2D eigenvalue weighted by atomic mass is 10.2. The fraction of sp³-hybridized carbons (Fsp3) is 0. The number of aromatic nitrogens is 2. The quantitative estimate of drug-likeness (QED) is 0.228. The molecule has 2 heterocycles. The molecule has 0 saturated carbocycles. The average molecular weight is 551 g/mol. The summed E-state index contributed by atoms with van der Waals surface area (Å²) in [5.41, 5.74) is 11.2. The van der Waals surface area contributed by atoms with Crippen LogP contribution in [0.4, 0.5) is 0 Å². The first-order valence-electron chi connectivity index (χ1n) is 8.49. The first-order chi connectivity index (χ1) is 14.3. The normalized spacial score (nSPS) is 11.5. The molecular formula is C19H14IN5O3S2. The van der Waals surface area contributed by atoms with E-state index in [1.165, 1.54) is 40.2 Å². The fourth-order valence-electron chi connectivity index (χ4n) is 2.93. The number of benzene rings is 2. The van der Waals surface area contributed by atoms with Crippen molar-refractivity contribution >= 4 is 60.8 Å². The Hall–Kier alpha value is -2.77. The first-order valence-corrected chi connectivity index (χ1v) is 11.9. The fourth-order valence-corrected chi connectivity index (χ4v) is 4.98. The summed E-state index contributed by atoms with van der Waals surface area (Å²) in [7, 11) is -4.03. The van der Waals surface area contributed by atoms with Gasteiger partial charge in [0.05, 0.1) is 26.4 Å². The van der Waals surface area contributed by atoms with Crippen molar-refractivity contribution in [3.63, 3.8) is 0 Å². The Morgan fingerprint density at radius 1 is 1.10 bits per heavy atom. The number of rotatable bonds is 4. The third-order valence-electron chi connectivity index (χ3n) is 4.19. The molecule has 2 aromatic carbocycles. The van der Waals surface area contributed by atoms with E-state index in [-0.39, 0.29) is 10.5 Å². The number of fused-ring (bicyclic) bond motifs is 1. The van der Waals surface area contributed by atoms with Crippen LogP contribution in [0, 0.1) is 3.57 Å². The van der Waals surface area contributed by atoms with Gasteiger partial charge in [0.25, 0.3) is 15.6 Å². The third-order valence-corrected chi connectivity index (χ3v) is 7.05. The Bertz CT molecular complexity index is 1440. The molecule has 0 spiro atoms. The largest absolute Gasteiger partial charge is 0.369 e. The van der Waals surface area contributed by atoms with Crippen molar-refractivity contribution in [2.24, 2.45) is 15.9 Å². The maximum absolute atomic E-state index is 13.4. The molecule has 0 atom stereocenters. The molecule has 0 fully saturated rings. The standard InChI is InChI=1S/C19H14IN5O3S2/c20-11-3-8-15-14(10-11)18(26)25(17(23-15)16-2-1-9-29-16)12-4-6-13(7-5-12)30(27,28)24-19(21)22/h1-10H,(H4,21,22,24). The predicted molar refractivity (Wildman–Crippen MR) is 126 cm³/mol. The van der Waals surface area contributed by atoms with Crippen molar-refractivity contribution in [2.45, 2.75) is 4.90 Å². The lowest BCUT2D eigenvalue weighted by molar-refractivity contribution is 0.598. The van der Waals surface area contributed by atoms with Crippen LogP contribution >= 0.6 is 33.9 Å². The Balaban J connectivity index is 1.96. The van der Waals surface area contributed by atoms with E-state index in [0.29, 0.717) is 22.4 Å². The smallest absolute Gasteiger partial charge is 0.285 e. The van der Waals surface area contributed by atoms with Crippen molar-refractivity contribution in [1.82, 2.24) is 9.55 Å². The minimum absolute atomic E-state index is 0.0892. The van der Waals surface area contributed by atoms with Gasteiger partial charge in [-0.2, -0.15) is 8.42 Å². The van der Waals surface area contributed by atoms with Gasteiger partial charge in [-0.25, -0.2) is 4.98 Å². The van der Waals surface area contributed by atoms with Crippen LogP contribution in [0.25, 0.3) is 27.3 Å². The van der Waals surface area contributed by atoms with E-state index in [1.807, 2.05) is 29.6 Å². The van der Waals surface area contributed by atoms with E-state index in [4.69, 9.17) is 16.5 Å². The molecule has 0 aliphatic heterocycles. The molecule has 0 saturated heterocycles. The van der Waals surface area contributed by atoms with E-state index >= 15 is 0 Å². The van der Waals surface area contributed by atoms with Crippen LogP contribution in [0.15, 0.2) is 74.1 Å². The SMILES string of the molecule is NC(N)=NS(=O)(=O)c1ccc(-n2c(-c3cccs3)nc3ccc(I)cc3c2=O)cc1. The van der Waals surface area contributed by atoms with E-state index in [9.17, 15) is 13.2 Å². The van der Waals surface area contributed by atoms with Crippen LogP contribution in [0.3, 0.4) is 0 Å². The van der Waals surface area contributed by atoms with Crippen LogP contribution in [-0.4, -0.2) is 23.9 Å². The Labute approximate surface area is 189 Å². The molecule has 0 aliphatic carbocycles. The number of thiophene rings is 1. The highest BCUT2D eigenvalue weighted by Gasteiger charge is 2.17. The molecule has 0 radical (unpaired) electrons. The molecule has 0 aliphatic rings. The summed E-state index contributed by atoms with van der Waals surface area (Å²) in [6.07, 6.45) is 0. The second kappa shape index (κ2) is 7.81. The molecule has 0 bridgehead atoms. The molecule has 152 valence electrons. The van der Waals surface area contributed by atoms with Gasteiger partial charge in [-0.1, -0.05) is 6.07 Å². The van der Waals surface area contributed by atoms with Gasteiger partial charge in [-0.15, -0.1) is 15.7 Å². The molecule has 0 unspecified atom stereocenters. The molecule has 8 nitrogen and oxygen atoms in total. The minimum atomic E-state index is -4.03. The third kappa shape index (κ3) is 3.82. The maximum atomic E-state index is 13.4. The second-order valence-electron chi connectivity index (χ2n) is 6.20. The summed E-state index contributed by atoms with van der Waals surface area (Å²) in [5.74, 6) is -0.0767. The summed E-state index contributed by atoms with van der Waals surface area (Å²) in [6, 6.07) is 15.0. The van der Waals surface area contributed by atoms with Gasteiger partial charge >= 0.3 is 0 Å². The number of halogens is 1. The van der Waals surface area contributed by atoms with E-state index < -0.39 is 16.0 Å². The van der Waals surface area contributed by atoms with Crippen molar-refractivity contribution in [1.29, 1.82) is 0 Å². The zero-order valence-corrected chi connectivity index (χ0v) is 19.0. The van der Waals surface area contributed by atoms with Crippen molar-refractivity contribution in [3.05, 3.63) is 73.9 Å². The molecule has 2 aromatic heterocycles. The van der Waals surface area contributed by atoms with E-state index in [1.54, 1.807) is 6.07 Å². The zero-order chi connectivity index (χ0) is 21.5. The second-order valence-corrected chi connectivity index (χ2v) is 10.00. The molecule has 0 amide bonds. The van der Waals surface area contributed by atoms with Crippen LogP contribution in [0.2, 0.25) is 0 Å². The van der Waals surface area contributed by atoms with Gasteiger partial charge in [-0.05, 0) is 76.5 Å². The first kappa shape index (κ1) is 20.5. The Morgan fingerprint density at radius 3 is 2.47 bits per heavy atom. The van der Waals surface area contributed by atoms with Crippen molar-refractivity contribution in [3.8, 4) is 16.4 Å². The van der Waals surface area contributed by atoms with Crippen LogP contribution in [0.1, 0.15) is 0 Å². The maximum Gasteiger partial charge on any atom is 0.285 e. The highest BCUT2D eigenvalue weighted by Crippen LogP contribution is 2.27. The number of nitrogens with two attached hydrogens (primary N) is 2. The molecule has 4 N–H and O–H groups in total. The lowest BCUT2D eigenvalue weighted by Crippen LogP contribution is -2.24. The Morgan fingerprint density at radius 2 is 1.83 bits per heavy atom. The van der Waals surface area contributed by atoms with Gasteiger partial charge in [0.2, 0.25) is 5.96 Å². The van der Waals surface area contributed by atoms with Crippen LogP contribution in [0.5, 0.6) is 0 Å². The van der Waals surface area contributed by atoms with Crippen molar-refractivity contribution in [2.75, 3.05) is 0 Å². The molecule has 4 rings (SSSR count). The minimum Gasteiger partial charge on any atom is -0.369 e. The van der Waals surface area contributed by atoms with Gasteiger partial charge in [0.15, 0.2) is 5.82 Å². The number of guanidine groups is 1. The summed E-state index contributed by atoms with van der Waals surface area (Å²) in [5, 5.41) is 2.37. The van der Waals surface area contributed by atoms with E-state index in [0.717, 1.165) is 8.45 Å². The van der Waals surface area contributed by atoms with E-state index in [2.05, 4.69) is 27.0 Å². The molecular weight excluding hydrogens is 537 g/mol. The predicted octanol–water partition coefficient (Wildman–Crippen LogP) is 2.68. The topological polar surface area (TPSA) is 133 Å². The molecule has 30 heavy (non-hydrogen) atoms.